The van der Waals surface area contributed by atoms with Crippen molar-refractivity contribution < 1.29 is 14.4 Å². The van der Waals surface area contributed by atoms with Crippen molar-refractivity contribution in [2.45, 2.75) is 18.9 Å². The van der Waals surface area contributed by atoms with Crippen LogP contribution in [0.5, 0.6) is 0 Å². The highest BCUT2D eigenvalue weighted by molar-refractivity contribution is 9.10. The Morgan fingerprint density at radius 3 is 2.82 bits per heavy atom. The number of piperidine rings is 1. The number of rotatable bonds is 1. The number of carbonyl (C=O) groups excluding carboxylic acids is 3. The zero-order chi connectivity index (χ0) is 15.4. The van der Waals surface area contributed by atoms with Crippen molar-refractivity contribution in [3.05, 3.63) is 34.6 Å². The fraction of sp³-hybridized carbons (Fsp3) is 0.200. The van der Waals surface area contributed by atoms with Crippen molar-refractivity contribution in [2.24, 2.45) is 0 Å². The summed E-state index contributed by atoms with van der Waals surface area (Å²) in [5, 5.41) is 3.94. The van der Waals surface area contributed by atoms with Crippen molar-refractivity contribution >= 4 is 50.1 Å². The minimum absolute atomic E-state index is 0.228. The van der Waals surface area contributed by atoms with Gasteiger partial charge >= 0.3 is 0 Å². The number of pyridine rings is 1. The first-order chi connectivity index (χ1) is 10.6. The predicted octanol–water partition coefficient (Wildman–Crippen LogP) is 1.76. The van der Waals surface area contributed by atoms with Crippen LogP contribution in [-0.4, -0.2) is 28.7 Å². The van der Waals surface area contributed by atoms with Gasteiger partial charge in [0.15, 0.2) is 0 Å². The summed E-state index contributed by atoms with van der Waals surface area (Å²) in [7, 11) is 0. The molecule has 3 heterocycles. The van der Waals surface area contributed by atoms with Crippen LogP contribution in [0.15, 0.2) is 29.0 Å². The maximum absolute atomic E-state index is 12.7. The summed E-state index contributed by atoms with van der Waals surface area (Å²) in [4.78, 5) is 41.8. The average molecular weight is 360 g/mol. The summed E-state index contributed by atoms with van der Waals surface area (Å²) in [5.41, 5.74) is 1.17. The van der Waals surface area contributed by atoms with Crippen molar-refractivity contribution in [3.63, 3.8) is 0 Å². The molecule has 3 amide bonds. The average Bonchev–Trinajstić information content (AvgIpc) is 2.74. The van der Waals surface area contributed by atoms with Gasteiger partial charge in [0.05, 0.1) is 11.3 Å². The number of hydrogen-bond acceptors (Lipinski definition) is 4. The molecule has 0 bridgehead atoms. The molecule has 0 radical (unpaired) electrons. The summed E-state index contributed by atoms with van der Waals surface area (Å²) in [6.45, 7) is 0. The molecule has 1 atom stereocenters. The molecule has 2 aliphatic rings. The molecule has 0 saturated carbocycles. The van der Waals surface area contributed by atoms with Crippen LogP contribution in [-0.2, 0) is 9.59 Å². The number of carbonyl (C=O) groups is 3. The maximum atomic E-state index is 12.7. The molecule has 22 heavy (non-hydrogen) atoms. The largest absolute Gasteiger partial charge is 0.295 e. The van der Waals surface area contributed by atoms with Gasteiger partial charge in [-0.3, -0.25) is 29.6 Å². The third kappa shape index (κ3) is 1.78. The van der Waals surface area contributed by atoms with Gasteiger partial charge in [-0.05, 0) is 18.6 Å². The molecule has 6 nitrogen and oxygen atoms in total. The molecular weight excluding hydrogens is 350 g/mol. The first-order valence-corrected chi connectivity index (χ1v) is 7.60. The lowest BCUT2D eigenvalue weighted by Gasteiger charge is -2.30. The van der Waals surface area contributed by atoms with Crippen LogP contribution in [0.2, 0.25) is 0 Å². The summed E-state index contributed by atoms with van der Waals surface area (Å²) < 4.78 is 0.806. The van der Waals surface area contributed by atoms with E-state index >= 15 is 0 Å². The molecule has 4 rings (SSSR count). The molecule has 0 spiro atoms. The summed E-state index contributed by atoms with van der Waals surface area (Å²) in [6.07, 6.45) is 3.76. The molecule has 1 fully saturated rings. The minimum Gasteiger partial charge on any atom is -0.295 e. The summed E-state index contributed by atoms with van der Waals surface area (Å²) in [5.74, 6) is -0.981. The van der Waals surface area contributed by atoms with Crippen LogP contribution in [0.25, 0.3) is 10.8 Å². The Balaban J connectivity index is 1.89. The number of benzene rings is 1. The van der Waals surface area contributed by atoms with E-state index in [-0.39, 0.29) is 18.2 Å². The van der Waals surface area contributed by atoms with Gasteiger partial charge in [0.25, 0.3) is 5.91 Å². The number of hydrogen-bond donors (Lipinski definition) is 1. The molecule has 1 saturated heterocycles. The van der Waals surface area contributed by atoms with Crippen molar-refractivity contribution in [1.82, 2.24) is 10.3 Å². The Labute approximate surface area is 133 Å². The highest BCUT2D eigenvalue weighted by Crippen LogP contribution is 2.41. The standard InChI is InChI=1S/C15H10BrN3O3/c16-8-3-7-5-17-6-9-13(7)11(4-8)19(15(9)22)10-1-2-12(20)18-14(10)21/h3-6,10H,1-2H2,(H,18,20,21). The number of imide groups is 1. The predicted molar refractivity (Wildman–Crippen MR) is 82.4 cm³/mol. The molecule has 2 aliphatic heterocycles. The fourth-order valence-electron chi connectivity index (χ4n) is 3.09. The second kappa shape index (κ2) is 4.61. The Hall–Kier alpha value is -2.28. The quantitative estimate of drug-likeness (QED) is 0.786. The first kappa shape index (κ1) is 13.4. The zero-order valence-electron chi connectivity index (χ0n) is 11.3. The monoisotopic (exact) mass is 359 g/mol. The normalized spacial score (nSPS) is 20.7. The Morgan fingerprint density at radius 1 is 1.23 bits per heavy atom. The van der Waals surface area contributed by atoms with Crippen LogP contribution >= 0.6 is 15.9 Å². The van der Waals surface area contributed by atoms with Gasteiger partial charge in [-0.15, -0.1) is 0 Å². The molecular formula is C15H10BrN3O3. The van der Waals surface area contributed by atoms with E-state index in [2.05, 4.69) is 26.2 Å². The third-order valence-corrected chi connectivity index (χ3v) is 4.49. The van der Waals surface area contributed by atoms with Crippen LogP contribution in [0, 0.1) is 0 Å². The number of aromatic nitrogens is 1. The van der Waals surface area contributed by atoms with Gasteiger partial charge in [-0.1, -0.05) is 15.9 Å². The van der Waals surface area contributed by atoms with E-state index in [1.165, 1.54) is 11.1 Å². The second-order valence-corrected chi connectivity index (χ2v) is 6.27. The van der Waals surface area contributed by atoms with Gasteiger partial charge in [0.1, 0.15) is 6.04 Å². The van der Waals surface area contributed by atoms with Crippen molar-refractivity contribution in [2.75, 3.05) is 4.90 Å². The van der Waals surface area contributed by atoms with Gasteiger partial charge in [0, 0.05) is 34.1 Å². The van der Waals surface area contributed by atoms with E-state index < -0.39 is 11.9 Å². The molecule has 2 aromatic rings. The fourth-order valence-corrected chi connectivity index (χ4v) is 3.56. The van der Waals surface area contributed by atoms with Gasteiger partial charge in [-0.2, -0.15) is 0 Å². The van der Waals surface area contributed by atoms with Crippen molar-refractivity contribution in [1.29, 1.82) is 0 Å². The molecule has 1 aromatic carbocycles. The van der Waals surface area contributed by atoms with Crippen LogP contribution in [0.1, 0.15) is 23.2 Å². The van der Waals surface area contributed by atoms with Crippen molar-refractivity contribution in [3.8, 4) is 0 Å². The number of nitrogens with one attached hydrogen (secondary N) is 1. The highest BCUT2D eigenvalue weighted by atomic mass is 79.9. The SMILES string of the molecule is O=C1CCC(N2C(=O)c3cncc4cc(Br)cc2c34)C(=O)N1. The molecule has 1 aromatic heterocycles. The lowest BCUT2D eigenvalue weighted by atomic mass is 10.0. The van der Waals surface area contributed by atoms with E-state index in [1.54, 1.807) is 6.20 Å². The van der Waals surface area contributed by atoms with E-state index in [0.717, 1.165) is 15.2 Å². The summed E-state index contributed by atoms with van der Waals surface area (Å²) >= 11 is 3.42. The van der Waals surface area contributed by atoms with E-state index in [9.17, 15) is 14.4 Å². The highest BCUT2D eigenvalue weighted by Gasteiger charge is 2.40. The van der Waals surface area contributed by atoms with E-state index in [1.807, 2.05) is 12.1 Å². The molecule has 0 aliphatic carbocycles. The van der Waals surface area contributed by atoms with Gasteiger partial charge < -0.3 is 0 Å². The summed E-state index contributed by atoms with van der Waals surface area (Å²) in [6, 6.07) is 3.03. The van der Waals surface area contributed by atoms with Crippen LogP contribution in [0.4, 0.5) is 5.69 Å². The number of halogens is 1. The molecule has 110 valence electrons. The second-order valence-electron chi connectivity index (χ2n) is 5.35. The Bertz CT molecular complexity index is 864. The Morgan fingerprint density at radius 2 is 2.05 bits per heavy atom. The lowest BCUT2D eigenvalue weighted by molar-refractivity contribution is -0.134. The Kier molecular flexibility index (Phi) is 2.80. The van der Waals surface area contributed by atoms with E-state index in [4.69, 9.17) is 0 Å². The minimum atomic E-state index is -0.671. The third-order valence-electron chi connectivity index (χ3n) is 4.03. The number of anilines is 1. The number of amides is 3. The van der Waals surface area contributed by atoms with Gasteiger partial charge in [-0.25, -0.2) is 0 Å². The zero-order valence-corrected chi connectivity index (χ0v) is 12.9. The first-order valence-electron chi connectivity index (χ1n) is 6.81. The smallest absolute Gasteiger partial charge is 0.261 e. The molecule has 1 unspecified atom stereocenters. The van der Waals surface area contributed by atoms with Crippen LogP contribution < -0.4 is 10.2 Å². The molecule has 1 N–H and O–H groups in total. The van der Waals surface area contributed by atoms with Gasteiger partial charge in [0.2, 0.25) is 11.8 Å². The topological polar surface area (TPSA) is 79.4 Å². The maximum Gasteiger partial charge on any atom is 0.261 e. The molecule has 7 heteroatoms. The lowest BCUT2D eigenvalue weighted by Crippen LogP contribution is -2.53. The van der Waals surface area contributed by atoms with E-state index in [0.29, 0.717) is 17.7 Å². The van der Waals surface area contributed by atoms with Crippen LogP contribution in [0.3, 0.4) is 0 Å². The number of nitrogens with zero attached hydrogens (tertiary/aromatic N) is 2.